The number of imidazole rings is 1. The van der Waals surface area contributed by atoms with Crippen LogP contribution < -0.4 is 15.0 Å². The highest BCUT2D eigenvalue weighted by Crippen LogP contribution is 2.33. The lowest BCUT2D eigenvalue weighted by molar-refractivity contribution is 0.235. The van der Waals surface area contributed by atoms with Crippen molar-refractivity contribution in [2.45, 2.75) is 13.0 Å². The largest absolute Gasteiger partial charge is 0.496 e. The number of aliphatic hydroxyl groups is 1. The van der Waals surface area contributed by atoms with Crippen LogP contribution in [0.5, 0.6) is 5.75 Å². The number of methoxy groups -OCH3 is 1. The SMILES string of the molecule is COc1cc(C)ccc1-c1cnc2sc(N3CCNC(CO)C3)nn12. The minimum Gasteiger partial charge on any atom is -0.496 e. The van der Waals surface area contributed by atoms with Gasteiger partial charge in [0.25, 0.3) is 0 Å². The molecule has 132 valence electrons. The van der Waals surface area contributed by atoms with Gasteiger partial charge in [0, 0.05) is 31.2 Å². The first-order chi connectivity index (χ1) is 12.2. The first kappa shape index (κ1) is 16.3. The predicted octanol–water partition coefficient (Wildman–Crippen LogP) is 1.55. The fraction of sp³-hybridized carbons (Fsp3) is 0.412. The number of rotatable bonds is 4. The summed E-state index contributed by atoms with van der Waals surface area (Å²) >= 11 is 1.56. The number of hydrogen-bond donors (Lipinski definition) is 2. The number of hydrogen-bond acceptors (Lipinski definition) is 7. The number of ether oxygens (including phenoxy) is 1. The second kappa shape index (κ2) is 6.62. The molecular weight excluding hydrogens is 338 g/mol. The van der Waals surface area contributed by atoms with Gasteiger partial charge >= 0.3 is 0 Å². The van der Waals surface area contributed by atoms with Crippen molar-refractivity contribution in [1.29, 1.82) is 0 Å². The molecular formula is C17H21N5O2S. The Balaban J connectivity index is 1.72. The fourth-order valence-corrected chi connectivity index (χ4v) is 4.04. The maximum Gasteiger partial charge on any atom is 0.214 e. The number of nitrogens with one attached hydrogen (secondary N) is 1. The molecule has 1 aromatic carbocycles. The average molecular weight is 359 g/mol. The summed E-state index contributed by atoms with van der Waals surface area (Å²) in [6, 6.07) is 6.21. The second-order valence-electron chi connectivity index (χ2n) is 6.21. The molecule has 1 atom stereocenters. The maximum atomic E-state index is 9.39. The van der Waals surface area contributed by atoms with Crippen LogP contribution >= 0.6 is 11.3 Å². The molecule has 3 heterocycles. The van der Waals surface area contributed by atoms with Crippen LogP contribution in [0.25, 0.3) is 16.2 Å². The zero-order valence-corrected chi connectivity index (χ0v) is 15.1. The number of fused-ring (bicyclic) bond motifs is 1. The molecule has 7 nitrogen and oxygen atoms in total. The van der Waals surface area contributed by atoms with Crippen LogP contribution in [0, 0.1) is 6.92 Å². The van der Waals surface area contributed by atoms with Gasteiger partial charge in [-0.25, -0.2) is 9.50 Å². The van der Waals surface area contributed by atoms with Crippen molar-refractivity contribution >= 4 is 21.4 Å². The molecule has 0 aliphatic carbocycles. The van der Waals surface area contributed by atoms with E-state index in [1.54, 1.807) is 18.4 Å². The third-order valence-corrected chi connectivity index (χ3v) is 5.44. The van der Waals surface area contributed by atoms with Crippen LogP contribution in [0.15, 0.2) is 24.4 Å². The average Bonchev–Trinajstić information content (AvgIpc) is 3.22. The lowest BCUT2D eigenvalue weighted by atomic mass is 10.1. The van der Waals surface area contributed by atoms with Gasteiger partial charge in [-0.2, -0.15) is 0 Å². The predicted molar refractivity (Wildman–Crippen MR) is 98.7 cm³/mol. The normalized spacial score (nSPS) is 18.0. The van der Waals surface area contributed by atoms with Gasteiger partial charge in [0.05, 0.1) is 25.6 Å². The number of aromatic nitrogens is 3. The van der Waals surface area contributed by atoms with Gasteiger partial charge in [-0.15, -0.1) is 5.10 Å². The molecule has 0 amide bonds. The van der Waals surface area contributed by atoms with Crippen molar-refractivity contribution in [2.24, 2.45) is 0 Å². The fourth-order valence-electron chi connectivity index (χ4n) is 3.13. The Hall–Kier alpha value is -2.16. The van der Waals surface area contributed by atoms with E-state index in [1.165, 1.54) is 0 Å². The Morgan fingerprint density at radius 1 is 1.44 bits per heavy atom. The van der Waals surface area contributed by atoms with E-state index in [2.05, 4.69) is 21.3 Å². The topological polar surface area (TPSA) is 74.9 Å². The van der Waals surface area contributed by atoms with Crippen LogP contribution in [0.2, 0.25) is 0 Å². The van der Waals surface area contributed by atoms with Crippen LogP contribution in [0.4, 0.5) is 5.13 Å². The van der Waals surface area contributed by atoms with E-state index in [1.807, 2.05) is 29.8 Å². The van der Waals surface area contributed by atoms with Crippen LogP contribution in [0.3, 0.4) is 0 Å². The van der Waals surface area contributed by atoms with Gasteiger partial charge in [0.2, 0.25) is 10.1 Å². The molecule has 2 N–H and O–H groups in total. The minimum atomic E-state index is 0.0848. The third kappa shape index (κ3) is 2.97. The Labute approximate surface area is 149 Å². The molecule has 0 bridgehead atoms. The van der Waals surface area contributed by atoms with E-state index in [0.29, 0.717) is 0 Å². The molecule has 3 aromatic rings. The summed E-state index contributed by atoms with van der Waals surface area (Å²) in [5.41, 5.74) is 3.05. The van der Waals surface area contributed by atoms with Gasteiger partial charge in [-0.3, -0.25) is 0 Å². The number of piperazine rings is 1. The summed E-state index contributed by atoms with van der Waals surface area (Å²) in [6.45, 7) is 4.63. The lowest BCUT2D eigenvalue weighted by Gasteiger charge is -2.32. The van der Waals surface area contributed by atoms with Crippen LogP contribution in [0.1, 0.15) is 5.56 Å². The van der Waals surface area contributed by atoms with Crippen molar-refractivity contribution in [3.8, 4) is 17.0 Å². The highest BCUT2D eigenvalue weighted by molar-refractivity contribution is 7.20. The van der Waals surface area contributed by atoms with E-state index < -0.39 is 0 Å². The second-order valence-corrected chi connectivity index (χ2v) is 7.14. The van der Waals surface area contributed by atoms with Gasteiger partial charge < -0.3 is 20.1 Å². The Bertz CT molecular complexity index is 890. The molecule has 2 aromatic heterocycles. The van der Waals surface area contributed by atoms with Gasteiger partial charge in [-0.1, -0.05) is 17.4 Å². The number of nitrogens with zero attached hydrogens (tertiary/aromatic N) is 4. The smallest absolute Gasteiger partial charge is 0.214 e. The Kier molecular flexibility index (Phi) is 4.32. The Morgan fingerprint density at radius 2 is 2.32 bits per heavy atom. The molecule has 1 fully saturated rings. The number of anilines is 1. The minimum absolute atomic E-state index is 0.0848. The van der Waals surface area contributed by atoms with Crippen molar-refractivity contribution in [3.05, 3.63) is 30.0 Å². The van der Waals surface area contributed by atoms with E-state index in [0.717, 1.165) is 52.3 Å². The summed E-state index contributed by atoms with van der Waals surface area (Å²) in [4.78, 5) is 7.57. The molecule has 25 heavy (non-hydrogen) atoms. The number of benzene rings is 1. The van der Waals surface area contributed by atoms with E-state index in [-0.39, 0.29) is 12.6 Å². The van der Waals surface area contributed by atoms with Gasteiger partial charge in [-0.05, 0) is 24.6 Å². The number of aryl methyl sites for hydroxylation is 1. The quantitative estimate of drug-likeness (QED) is 0.736. The van der Waals surface area contributed by atoms with E-state index in [4.69, 9.17) is 9.84 Å². The highest BCUT2D eigenvalue weighted by Gasteiger charge is 2.23. The third-order valence-electron chi connectivity index (χ3n) is 4.45. The molecule has 1 saturated heterocycles. The van der Waals surface area contributed by atoms with Crippen molar-refractivity contribution in [1.82, 2.24) is 19.9 Å². The zero-order valence-electron chi connectivity index (χ0n) is 14.3. The van der Waals surface area contributed by atoms with Gasteiger partial charge in [0.15, 0.2) is 0 Å². The van der Waals surface area contributed by atoms with Crippen molar-refractivity contribution < 1.29 is 9.84 Å². The Morgan fingerprint density at radius 3 is 3.12 bits per heavy atom. The molecule has 1 aliphatic rings. The zero-order chi connectivity index (χ0) is 17.4. The van der Waals surface area contributed by atoms with E-state index >= 15 is 0 Å². The molecule has 0 spiro atoms. The molecule has 0 saturated carbocycles. The molecule has 8 heteroatoms. The van der Waals surface area contributed by atoms with Crippen molar-refractivity contribution in [2.75, 3.05) is 38.3 Å². The van der Waals surface area contributed by atoms with Crippen LogP contribution in [-0.2, 0) is 0 Å². The lowest BCUT2D eigenvalue weighted by Crippen LogP contribution is -2.52. The summed E-state index contributed by atoms with van der Waals surface area (Å²) in [5.74, 6) is 0.818. The molecule has 1 aliphatic heterocycles. The monoisotopic (exact) mass is 359 g/mol. The van der Waals surface area contributed by atoms with E-state index in [9.17, 15) is 5.11 Å². The first-order valence-corrected chi connectivity index (χ1v) is 9.10. The highest BCUT2D eigenvalue weighted by atomic mass is 32.1. The maximum absolute atomic E-state index is 9.39. The molecule has 4 rings (SSSR count). The summed E-state index contributed by atoms with van der Waals surface area (Å²) in [6.07, 6.45) is 1.84. The standard InChI is InChI=1S/C17H21N5O2S/c1-11-3-4-13(15(7-11)24-2)14-8-19-16-22(14)20-17(25-16)21-6-5-18-12(9-21)10-23/h3-4,7-8,12,18,23H,5-6,9-10H2,1-2H3. The molecule has 0 radical (unpaired) electrons. The van der Waals surface area contributed by atoms with Crippen LogP contribution in [-0.4, -0.2) is 59.1 Å². The molecule has 1 unspecified atom stereocenters. The van der Waals surface area contributed by atoms with Gasteiger partial charge in [0.1, 0.15) is 5.75 Å². The summed E-state index contributed by atoms with van der Waals surface area (Å²) in [7, 11) is 1.68. The summed E-state index contributed by atoms with van der Waals surface area (Å²) in [5, 5.41) is 18.4. The first-order valence-electron chi connectivity index (χ1n) is 8.28. The van der Waals surface area contributed by atoms with Crippen molar-refractivity contribution in [3.63, 3.8) is 0 Å². The summed E-state index contributed by atoms with van der Waals surface area (Å²) < 4.78 is 7.42. The number of aliphatic hydroxyl groups excluding tert-OH is 1.